The zero-order valence-electron chi connectivity index (χ0n) is 10.3. The molecule has 0 amide bonds. The summed E-state index contributed by atoms with van der Waals surface area (Å²) in [4.78, 5) is 11.7. The fraction of sp³-hybridized carbons (Fsp3) is 0.556. The Hall–Kier alpha value is 0.380. The molecule has 108 valence electrons. The molecule has 0 aliphatic carbocycles. The third-order valence-corrected chi connectivity index (χ3v) is 7.82. The van der Waals surface area contributed by atoms with Gasteiger partial charge in [0.1, 0.15) is 0 Å². The van der Waals surface area contributed by atoms with Crippen molar-refractivity contribution in [2.45, 2.75) is 19.7 Å². The first-order chi connectivity index (χ1) is 8.91. The van der Waals surface area contributed by atoms with Crippen LogP contribution in [0, 0.1) is 0 Å². The molecular weight excluding hydrogens is 350 g/mol. The molecular formula is C9H13Cl2N2O3PS2. The number of halogens is 2. The van der Waals surface area contributed by atoms with Crippen molar-refractivity contribution in [2.75, 3.05) is 13.2 Å². The maximum absolute atomic E-state index is 11.7. The van der Waals surface area contributed by atoms with E-state index in [4.69, 9.17) is 44.1 Å². The van der Waals surface area contributed by atoms with Crippen LogP contribution >= 0.6 is 40.3 Å². The molecule has 0 saturated carbocycles. The maximum Gasteiger partial charge on any atom is 0.269 e. The summed E-state index contributed by atoms with van der Waals surface area (Å²) >= 11 is 18.0. The van der Waals surface area contributed by atoms with E-state index in [9.17, 15) is 4.79 Å². The molecule has 0 spiro atoms. The van der Waals surface area contributed by atoms with Crippen molar-refractivity contribution in [2.24, 2.45) is 0 Å². The summed E-state index contributed by atoms with van der Waals surface area (Å²) in [7, 11) is 0. The highest BCUT2D eigenvalue weighted by molar-refractivity contribution is 8.67. The Morgan fingerprint density at radius 1 is 1.42 bits per heavy atom. The zero-order chi connectivity index (χ0) is 14.5. The number of nitrogens with zero attached hydrogens (tertiary/aromatic N) is 2. The van der Waals surface area contributed by atoms with Gasteiger partial charge in [0.25, 0.3) is 5.56 Å². The van der Waals surface area contributed by atoms with E-state index in [0.717, 1.165) is 0 Å². The van der Waals surface area contributed by atoms with Gasteiger partial charge in [0, 0.05) is 6.07 Å². The molecule has 0 aliphatic heterocycles. The van der Waals surface area contributed by atoms with Crippen molar-refractivity contribution in [3.05, 3.63) is 26.6 Å². The first-order valence-electron chi connectivity index (χ1n) is 5.38. The van der Waals surface area contributed by atoms with Crippen LogP contribution in [0.25, 0.3) is 0 Å². The van der Waals surface area contributed by atoms with Gasteiger partial charge in [-0.15, -0.1) is 0 Å². The quantitative estimate of drug-likeness (QED) is 0.691. The summed E-state index contributed by atoms with van der Waals surface area (Å²) in [6.45, 7) is 4.58. The van der Waals surface area contributed by atoms with Gasteiger partial charge in [0.05, 0.1) is 24.1 Å². The van der Waals surface area contributed by atoms with Crippen molar-refractivity contribution in [3.8, 4) is 0 Å². The lowest BCUT2D eigenvalue weighted by Crippen LogP contribution is -2.21. The van der Waals surface area contributed by atoms with Crippen LogP contribution in [0.4, 0.5) is 0 Å². The summed E-state index contributed by atoms with van der Waals surface area (Å²) in [5, 5.41) is 4.07. The molecule has 0 radical (unpaired) electrons. The second kappa shape index (κ2) is 7.98. The van der Waals surface area contributed by atoms with Gasteiger partial charge in [-0.1, -0.05) is 23.2 Å². The number of hydrogen-bond donors (Lipinski definition) is 0. The smallest absolute Gasteiger partial charge is 0.269 e. The number of rotatable bonds is 7. The molecule has 1 heterocycles. The van der Waals surface area contributed by atoms with E-state index < -0.39 is 5.69 Å². The average molecular weight is 363 g/mol. The molecule has 1 aromatic heterocycles. The lowest BCUT2D eigenvalue weighted by molar-refractivity contribution is 0.280. The standard InChI is InChI=1S/C9H13Cl2N2O3PS2/c1-3-15-17(18,16-4-2)19-6-13-8(14)5-7(10)9(11)12-13/h5H,3-4,6H2,1-2H3. The minimum absolute atomic E-state index is 0.0722. The second-order valence-corrected chi connectivity index (χ2v) is 10.2. The van der Waals surface area contributed by atoms with Crippen LogP contribution in [-0.2, 0) is 26.7 Å². The predicted molar refractivity (Wildman–Crippen MR) is 83.6 cm³/mol. The lowest BCUT2D eigenvalue weighted by Gasteiger charge is -2.19. The molecule has 0 atom stereocenters. The maximum atomic E-state index is 11.7. The van der Waals surface area contributed by atoms with Crippen LogP contribution in [0.15, 0.2) is 10.9 Å². The zero-order valence-corrected chi connectivity index (χ0v) is 14.4. The Morgan fingerprint density at radius 3 is 2.53 bits per heavy atom. The van der Waals surface area contributed by atoms with Gasteiger partial charge >= 0.3 is 0 Å². The van der Waals surface area contributed by atoms with Crippen molar-refractivity contribution < 1.29 is 9.05 Å². The molecule has 0 bridgehead atoms. The number of hydrogen-bond acceptors (Lipinski definition) is 6. The largest absolute Gasteiger partial charge is 0.322 e. The van der Waals surface area contributed by atoms with Crippen molar-refractivity contribution in [1.82, 2.24) is 9.78 Å². The lowest BCUT2D eigenvalue weighted by atomic mass is 10.6. The monoisotopic (exact) mass is 362 g/mol. The molecule has 0 saturated heterocycles. The van der Waals surface area contributed by atoms with Crippen molar-refractivity contribution in [3.63, 3.8) is 0 Å². The van der Waals surface area contributed by atoms with Crippen LogP contribution in [0.3, 0.4) is 0 Å². The van der Waals surface area contributed by atoms with Crippen LogP contribution in [0.5, 0.6) is 0 Å². The highest BCUT2D eigenvalue weighted by Gasteiger charge is 2.19. The van der Waals surface area contributed by atoms with Crippen LogP contribution in [0.2, 0.25) is 10.2 Å². The van der Waals surface area contributed by atoms with E-state index in [-0.39, 0.29) is 21.6 Å². The molecule has 0 aromatic carbocycles. The third-order valence-electron chi connectivity index (χ3n) is 1.82. The number of aromatic nitrogens is 2. The minimum atomic E-state index is -2.46. The van der Waals surface area contributed by atoms with Crippen LogP contribution in [0.1, 0.15) is 13.8 Å². The molecule has 0 fully saturated rings. The van der Waals surface area contributed by atoms with Gasteiger partial charge in [-0.2, -0.15) is 5.10 Å². The first kappa shape index (κ1) is 17.4. The summed E-state index contributed by atoms with van der Waals surface area (Å²) in [6, 6.07) is 1.21. The fourth-order valence-electron chi connectivity index (χ4n) is 1.09. The van der Waals surface area contributed by atoms with Crippen molar-refractivity contribution in [1.29, 1.82) is 0 Å². The Labute approximate surface area is 130 Å². The third kappa shape index (κ3) is 5.34. The summed E-state index contributed by atoms with van der Waals surface area (Å²) in [5.74, 6) is 0.201. The van der Waals surface area contributed by atoms with Gasteiger partial charge in [-0.25, -0.2) is 4.68 Å². The fourth-order valence-corrected chi connectivity index (χ4v) is 5.55. The van der Waals surface area contributed by atoms with E-state index in [1.54, 1.807) is 0 Å². The van der Waals surface area contributed by atoms with E-state index >= 15 is 0 Å². The van der Waals surface area contributed by atoms with E-state index in [1.807, 2.05) is 13.8 Å². The van der Waals surface area contributed by atoms with Crippen molar-refractivity contribution >= 4 is 52.1 Å². The highest BCUT2D eigenvalue weighted by atomic mass is 35.5. The molecule has 1 rings (SSSR count). The molecule has 1 aromatic rings. The Morgan fingerprint density at radius 2 is 2.00 bits per heavy atom. The molecule has 10 heteroatoms. The molecule has 0 N–H and O–H groups in total. The predicted octanol–water partition coefficient (Wildman–Crippen LogP) is 3.54. The van der Waals surface area contributed by atoms with Gasteiger partial charge in [0.15, 0.2) is 5.15 Å². The normalized spacial score (nSPS) is 11.8. The minimum Gasteiger partial charge on any atom is -0.322 e. The van der Waals surface area contributed by atoms with Crippen LogP contribution < -0.4 is 5.56 Å². The Balaban J connectivity index is 2.83. The van der Waals surface area contributed by atoms with Gasteiger partial charge in [0.2, 0.25) is 5.69 Å². The summed E-state index contributed by atoms with van der Waals surface area (Å²) < 4.78 is 12.1. The molecule has 5 nitrogen and oxygen atoms in total. The highest BCUT2D eigenvalue weighted by Crippen LogP contribution is 2.61. The summed E-state index contributed by atoms with van der Waals surface area (Å²) in [6.07, 6.45) is 0. The van der Waals surface area contributed by atoms with E-state index in [1.165, 1.54) is 22.1 Å². The molecule has 0 unspecified atom stereocenters. The first-order valence-corrected chi connectivity index (χ1v) is 10.4. The Bertz CT molecular complexity index is 531. The van der Waals surface area contributed by atoms with Gasteiger partial charge in [-0.05, 0) is 37.0 Å². The second-order valence-electron chi connectivity index (χ2n) is 3.16. The SMILES string of the molecule is CCOP(=S)(OCC)SCn1nc(Cl)c(Cl)cc1=O. The topological polar surface area (TPSA) is 53.4 Å². The van der Waals surface area contributed by atoms with E-state index in [0.29, 0.717) is 13.2 Å². The molecule has 19 heavy (non-hydrogen) atoms. The summed E-state index contributed by atoms with van der Waals surface area (Å²) in [5.41, 5.74) is -2.81. The van der Waals surface area contributed by atoms with Gasteiger partial charge < -0.3 is 9.05 Å². The van der Waals surface area contributed by atoms with Crippen LogP contribution in [-0.4, -0.2) is 23.0 Å². The average Bonchev–Trinajstić information content (AvgIpc) is 2.33. The van der Waals surface area contributed by atoms with Gasteiger partial charge in [-0.3, -0.25) is 4.79 Å². The molecule has 0 aliphatic rings. The Kier molecular flexibility index (Phi) is 7.32. The van der Waals surface area contributed by atoms with E-state index in [2.05, 4.69) is 5.10 Å².